The molecule has 1 unspecified atom stereocenters. The van der Waals surface area contributed by atoms with Crippen molar-refractivity contribution in [3.8, 4) is 0 Å². The predicted molar refractivity (Wildman–Crippen MR) is 115 cm³/mol. The van der Waals surface area contributed by atoms with Crippen molar-refractivity contribution in [2.24, 2.45) is 29.1 Å². The summed E-state index contributed by atoms with van der Waals surface area (Å²) >= 11 is 0. The molecular formula is C25H38O5. The second-order valence-electron chi connectivity index (χ2n) is 9.48. The Hall–Kier alpha value is -1.62. The summed E-state index contributed by atoms with van der Waals surface area (Å²) in [4.78, 5) is 25.3. The predicted octanol–water partition coefficient (Wildman–Crippen LogP) is 4.59. The molecule has 1 heterocycles. The number of allylic oxidation sites excluding steroid dienone is 3. The molecule has 0 aromatic carbocycles. The average molecular weight is 426 g/mol. The van der Waals surface area contributed by atoms with Crippen LogP contribution in [0, 0.1) is 29.1 Å². The Bertz CT molecular complexity index is 956. The quantitative estimate of drug-likeness (QED) is 0.630. The van der Waals surface area contributed by atoms with E-state index in [-0.39, 0.29) is 30.1 Å². The number of ether oxygens (including phenoxy) is 2. The van der Waals surface area contributed by atoms with Gasteiger partial charge in [-0.05, 0) is 62.8 Å². The molecule has 5 nitrogen and oxygen atoms in total. The Morgan fingerprint density at radius 3 is 2.87 bits per heavy atom. The fraction of sp³-hybridized carbons (Fsp3) is 0.760. The Balaban J connectivity index is 1.81. The van der Waals surface area contributed by atoms with Gasteiger partial charge < -0.3 is 14.6 Å². The van der Waals surface area contributed by atoms with E-state index in [2.05, 4.69) is 12.2 Å². The van der Waals surface area contributed by atoms with Gasteiger partial charge in [-0.1, -0.05) is 38.9 Å². The molecule has 3 rings (SSSR count). The number of hydrogen-bond donors (Lipinski definition) is 1. The number of rotatable bonds is 6. The molecule has 1 fully saturated rings. The zero-order valence-electron chi connectivity index (χ0n) is 25.2. The summed E-state index contributed by atoms with van der Waals surface area (Å²) in [5.41, 5.74) is -0.923. The van der Waals surface area contributed by atoms with E-state index in [1.807, 2.05) is 19.9 Å². The minimum atomic E-state index is -3.01. The number of carbonyl (C=O) groups is 2. The van der Waals surface area contributed by atoms with Crippen LogP contribution in [0.4, 0.5) is 0 Å². The van der Waals surface area contributed by atoms with Crippen molar-refractivity contribution in [3.63, 3.8) is 0 Å². The fourth-order valence-electron chi connectivity index (χ4n) is 4.79. The maximum absolute atomic E-state index is 13.3. The van der Waals surface area contributed by atoms with Gasteiger partial charge in [-0.15, -0.1) is 0 Å². The highest BCUT2D eigenvalue weighted by Gasteiger charge is 2.43. The highest BCUT2D eigenvalue weighted by Crippen LogP contribution is 2.45. The summed E-state index contributed by atoms with van der Waals surface area (Å²) in [7, 11) is 0. The van der Waals surface area contributed by atoms with Crippen molar-refractivity contribution in [3.05, 3.63) is 23.8 Å². The second-order valence-corrected chi connectivity index (χ2v) is 9.48. The molecule has 2 aliphatic carbocycles. The first-order valence-electron chi connectivity index (χ1n) is 14.3. The van der Waals surface area contributed by atoms with Crippen LogP contribution in [0.1, 0.15) is 82.6 Å². The minimum absolute atomic E-state index is 0.00309. The van der Waals surface area contributed by atoms with Crippen LogP contribution < -0.4 is 0 Å². The molecule has 7 atom stereocenters. The molecule has 0 aromatic rings. The Kier molecular flexibility index (Phi) is 4.70. The van der Waals surface area contributed by atoms with Crippen molar-refractivity contribution in [2.45, 2.75) is 91.3 Å². The van der Waals surface area contributed by atoms with Crippen molar-refractivity contribution in [1.82, 2.24) is 0 Å². The Labute approximate surface area is 190 Å². The topological polar surface area (TPSA) is 72.8 Å². The number of carbonyl (C=O) groups excluding carboxylic acids is 2. The van der Waals surface area contributed by atoms with Crippen molar-refractivity contribution < 1.29 is 33.8 Å². The molecule has 168 valence electrons. The number of cyclic esters (lactones) is 1. The average Bonchev–Trinajstić information content (AvgIpc) is 2.76. The molecule has 0 saturated carbocycles. The minimum Gasteiger partial charge on any atom is -0.462 e. The first-order chi connectivity index (χ1) is 16.8. The normalized spacial score (nSPS) is 42.6. The first kappa shape index (κ1) is 15.2. The molecule has 0 aromatic heterocycles. The fourth-order valence-corrected chi connectivity index (χ4v) is 4.79. The molecule has 30 heavy (non-hydrogen) atoms. The summed E-state index contributed by atoms with van der Waals surface area (Å²) in [5.74, 6) is -2.06. The molecule has 1 saturated heterocycles. The van der Waals surface area contributed by atoms with Crippen molar-refractivity contribution in [2.75, 3.05) is 0 Å². The van der Waals surface area contributed by atoms with E-state index in [0.717, 1.165) is 5.57 Å². The second kappa shape index (κ2) is 9.25. The number of aliphatic hydroxyl groups excluding tert-OH is 1. The molecule has 0 spiro atoms. The van der Waals surface area contributed by atoms with Gasteiger partial charge in [0, 0.05) is 21.9 Å². The lowest BCUT2D eigenvalue weighted by Crippen LogP contribution is -2.43. The van der Waals surface area contributed by atoms with E-state index in [9.17, 15) is 14.7 Å². The molecule has 1 aliphatic heterocycles. The van der Waals surface area contributed by atoms with E-state index in [1.54, 1.807) is 0 Å². The monoisotopic (exact) mass is 425 g/mol. The van der Waals surface area contributed by atoms with Gasteiger partial charge in [0.1, 0.15) is 12.2 Å². The van der Waals surface area contributed by atoms with E-state index >= 15 is 0 Å². The van der Waals surface area contributed by atoms with Crippen LogP contribution in [-0.4, -0.2) is 35.4 Å². The lowest BCUT2D eigenvalue weighted by Gasteiger charge is -2.44. The zero-order chi connectivity index (χ0) is 28.1. The van der Waals surface area contributed by atoms with Gasteiger partial charge in [-0.25, -0.2) is 0 Å². The Morgan fingerprint density at radius 1 is 1.40 bits per heavy atom. The van der Waals surface area contributed by atoms with Gasteiger partial charge >= 0.3 is 11.9 Å². The van der Waals surface area contributed by atoms with Crippen LogP contribution in [0.15, 0.2) is 23.8 Å². The van der Waals surface area contributed by atoms with E-state index < -0.39 is 55.3 Å². The SMILES string of the molecule is [2H]C1([2H])C(=O)OC(CC[C@@H]2[C@@H]3C(=C[C@H](C)C[C@@H]3OC(=O)C(C)(C)C([2H])([2H])C([2H])([2H])[2H])C=C[C@@H]2C)C[C@H]1O. The first-order valence-corrected chi connectivity index (χ1v) is 10.8. The van der Waals surface area contributed by atoms with E-state index in [1.165, 1.54) is 13.8 Å². The standard InChI is InChI=1S/C25H38O5/c1-6-25(4,5)24(28)30-21-12-15(2)11-17-8-7-16(3)20(23(17)21)10-9-19-13-18(26)14-22(27)29-19/h7-8,11,15-16,18-21,23,26H,6,9-10,12-14H2,1-5H3/t15-,16-,18+,19?,20-,21-,23-/m0/s1/i1D3,6D2,14D2. The highest BCUT2D eigenvalue weighted by atomic mass is 16.6. The lowest BCUT2D eigenvalue weighted by atomic mass is 9.65. The molecular weight excluding hydrogens is 380 g/mol. The van der Waals surface area contributed by atoms with Gasteiger partial charge in [-0.3, -0.25) is 9.59 Å². The van der Waals surface area contributed by atoms with Crippen molar-refractivity contribution in [1.29, 1.82) is 0 Å². The molecule has 0 radical (unpaired) electrons. The maximum atomic E-state index is 13.3. The van der Waals surface area contributed by atoms with E-state index in [0.29, 0.717) is 19.3 Å². The number of aliphatic hydroxyl groups is 1. The van der Waals surface area contributed by atoms with Crippen molar-refractivity contribution >= 4 is 11.9 Å². The summed E-state index contributed by atoms with van der Waals surface area (Å²) in [6.45, 7) is 3.53. The summed E-state index contributed by atoms with van der Waals surface area (Å²) in [6.07, 6.45) is -0.255. The highest BCUT2D eigenvalue weighted by molar-refractivity contribution is 5.76. The van der Waals surface area contributed by atoms with E-state index in [4.69, 9.17) is 19.1 Å². The molecule has 3 aliphatic rings. The largest absolute Gasteiger partial charge is 0.462 e. The van der Waals surface area contributed by atoms with Crippen LogP contribution in [0.25, 0.3) is 0 Å². The third kappa shape index (κ3) is 5.16. The van der Waals surface area contributed by atoms with Gasteiger partial charge in [0.15, 0.2) is 0 Å². The molecule has 0 bridgehead atoms. The van der Waals surface area contributed by atoms with Crippen LogP contribution in [0.2, 0.25) is 0 Å². The maximum Gasteiger partial charge on any atom is 0.311 e. The molecule has 1 N–H and O–H groups in total. The molecule has 5 heteroatoms. The Morgan fingerprint density at radius 2 is 2.17 bits per heavy atom. The molecule has 0 amide bonds. The van der Waals surface area contributed by atoms with Gasteiger partial charge in [-0.2, -0.15) is 0 Å². The van der Waals surface area contributed by atoms with Crippen LogP contribution in [-0.2, 0) is 19.1 Å². The summed E-state index contributed by atoms with van der Waals surface area (Å²) in [5, 5.41) is 10.1. The third-order valence-electron chi connectivity index (χ3n) is 6.54. The lowest BCUT2D eigenvalue weighted by molar-refractivity contribution is -0.166. The summed E-state index contributed by atoms with van der Waals surface area (Å²) in [6, 6.07) is 0. The number of fused-ring (bicyclic) bond motifs is 1. The van der Waals surface area contributed by atoms with Crippen LogP contribution >= 0.6 is 0 Å². The van der Waals surface area contributed by atoms with Gasteiger partial charge in [0.05, 0.1) is 17.9 Å². The van der Waals surface area contributed by atoms with Crippen LogP contribution in [0.5, 0.6) is 0 Å². The zero-order valence-corrected chi connectivity index (χ0v) is 18.2. The van der Waals surface area contributed by atoms with Crippen LogP contribution in [0.3, 0.4) is 0 Å². The van der Waals surface area contributed by atoms with Gasteiger partial charge in [0.2, 0.25) is 0 Å². The number of hydrogen-bond acceptors (Lipinski definition) is 5. The smallest absolute Gasteiger partial charge is 0.311 e. The van der Waals surface area contributed by atoms with Gasteiger partial charge in [0.25, 0.3) is 0 Å². The number of esters is 2. The summed E-state index contributed by atoms with van der Waals surface area (Å²) < 4.78 is 65.6. The third-order valence-corrected chi connectivity index (χ3v) is 6.54.